The fourth-order valence-corrected chi connectivity index (χ4v) is 7.06. The molecule has 3 heterocycles. The molecule has 0 atom stereocenters. The molecule has 1 aliphatic heterocycles. The van der Waals surface area contributed by atoms with Crippen LogP contribution in [0.5, 0.6) is 0 Å². The van der Waals surface area contributed by atoms with Gasteiger partial charge in [-0.1, -0.05) is 35.5 Å². The Morgan fingerprint density at radius 2 is 1.55 bits per heavy atom. The standard InChI is InChI=1S/C24H30F3N7O2S2/c1-14-20-16(37-22(31-20)28-11-18(35)30-13-24(25,26)27)10-17-21(14)32-23(38-17)29-12-19(36)34-8-6-33(7-9-34)15-4-2-3-5-15/h10,15H,2-9,11-13H2,1H3,(H,28,31)(H,29,32)(H,30,35). The third kappa shape index (κ3) is 6.29. The van der Waals surface area contributed by atoms with Gasteiger partial charge in [0.1, 0.15) is 6.54 Å². The summed E-state index contributed by atoms with van der Waals surface area (Å²) < 4.78 is 38.6. The van der Waals surface area contributed by atoms with Crippen molar-refractivity contribution < 1.29 is 22.8 Å². The van der Waals surface area contributed by atoms with Gasteiger partial charge in [0.05, 0.1) is 33.5 Å². The van der Waals surface area contributed by atoms with Crippen molar-refractivity contribution in [3.05, 3.63) is 11.6 Å². The van der Waals surface area contributed by atoms with Crippen LogP contribution in [0, 0.1) is 6.92 Å². The molecule has 38 heavy (non-hydrogen) atoms. The van der Waals surface area contributed by atoms with Gasteiger partial charge in [-0.05, 0) is 25.8 Å². The van der Waals surface area contributed by atoms with E-state index in [9.17, 15) is 22.8 Å². The Hall–Kier alpha value is -2.71. The number of amides is 2. The molecule has 2 aromatic heterocycles. The van der Waals surface area contributed by atoms with Crippen molar-refractivity contribution in [1.29, 1.82) is 0 Å². The smallest absolute Gasteiger partial charge is 0.352 e. The number of piperazine rings is 1. The summed E-state index contributed by atoms with van der Waals surface area (Å²) in [5.74, 6) is -0.688. The first kappa shape index (κ1) is 26.9. The number of thiazole rings is 2. The first-order valence-electron chi connectivity index (χ1n) is 12.7. The predicted molar refractivity (Wildman–Crippen MR) is 144 cm³/mol. The van der Waals surface area contributed by atoms with Gasteiger partial charge in [-0.2, -0.15) is 13.2 Å². The Bertz CT molecular complexity index is 1310. The van der Waals surface area contributed by atoms with Crippen molar-refractivity contribution in [3.8, 4) is 0 Å². The Morgan fingerprint density at radius 3 is 2.13 bits per heavy atom. The quantitative estimate of drug-likeness (QED) is 0.379. The summed E-state index contributed by atoms with van der Waals surface area (Å²) in [5, 5.41) is 8.91. The minimum Gasteiger partial charge on any atom is -0.352 e. The van der Waals surface area contributed by atoms with E-state index in [1.165, 1.54) is 48.4 Å². The van der Waals surface area contributed by atoms with Crippen molar-refractivity contribution in [2.45, 2.75) is 44.8 Å². The molecule has 5 rings (SSSR count). The third-order valence-electron chi connectivity index (χ3n) is 7.06. The highest BCUT2D eigenvalue weighted by Gasteiger charge is 2.28. The number of nitrogens with one attached hydrogen (secondary N) is 3. The minimum absolute atomic E-state index is 0.0738. The number of hydrogen-bond donors (Lipinski definition) is 3. The minimum atomic E-state index is -4.45. The van der Waals surface area contributed by atoms with Crippen LogP contribution >= 0.6 is 22.7 Å². The average molecular weight is 570 g/mol. The van der Waals surface area contributed by atoms with Crippen molar-refractivity contribution in [2.75, 3.05) is 56.4 Å². The number of aromatic nitrogens is 2. The SMILES string of the molecule is Cc1c2nc(NCC(=O)NCC(F)(F)F)sc2cc2sc(NCC(=O)N3CCN(C4CCCC4)CC3)nc12. The molecule has 2 fully saturated rings. The molecule has 0 bridgehead atoms. The summed E-state index contributed by atoms with van der Waals surface area (Å²) in [6.07, 6.45) is 0.732. The third-order valence-corrected chi connectivity index (χ3v) is 8.98. The lowest BCUT2D eigenvalue weighted by Gasteiger charge is -2.38. The Labute approximate surface area is 225 Å². The van der Waals surface area contributed by atoms with Gasteiger partial charge in [0, 0.05) is 37.8 Å². The molecular formula is C24H30F3N7O2S2. The van der Waals surface area contributed by atoms with Gasteiger partial charge in [-0.15, -0.1) is 0 Å². The van der Waals surface area contributed by atoms with Crippen LogP contribution in [0.15, 0.2) is 6.07 Å². The molecule has 1 aliphatic carbocycles. The number of anilines is 2. The molecule has 2 amide bonds. The Balaban J connectivity index is 1.16. The number of fused-ring (bicyclic) bond motifs is 2. The highest BCUT2D eigenvalue weighted by Crippen LogP contribution is 2.37. The molecule has 9 nitrogen and oxygen atoms in total. The first-order valence-corrected chi connectivity index (χ1v) is 14.3. The van der Waals surface area contributed by atoms with Crippen LogP contribution in [-0.2, 0) is 9.59 Å². The van der Waals surface area contributed by atoms with Crippen LogP contribution in [0.4, 0.5) is 23.4 Å². The van der Waals surface area contributed by atoms with E-state index in [0.29, 0.717) is 21.8 Å². The van der Waals surface area contributed by atoms with E-state index >= 15 is 0 Å². The summed E-state index contributed by atoms with van der Waals surface area (Å²) in [7, 11) is 0. The van der Waals surface area contributed by atoms with Gasteiger partial charge in [-0.3, -0.25) is 14.5 Å². The van der Waals surface area contributed by atoms with E-state index < -0.39 is 18.6 Å². The topological polar surface area (TPSA) is 102 Å². The summed E-state index contributed by atoms with van der Waals surface area (Å²) in [6, 6.07) is 2.65. The molecule has 3 N–H and O–H groups in total. The number of rotatable bonds is 8. The van der Waals surface area contributed by atoms with Crippen LogP contribution in [0.2, 0.25) is 0 Å². The zero-order chi connectivity index (χ0) is 26.9. The van der Waals surface area contributed by atoms with Crippen molar-refractivity contribution >= 4 is 65.2 Å². The van der Waals surface area contributed by atoms with E-state index in [0.717, 1.165) is 46.7 Å². The van der Waals surface area contributed by atoms with Gasteiger partial charge in [0.2, 0.25) is 11.8 Å². The summed E-state index contributed by atoms with van der Waals surface area (Å²) >= 11 is 2.77. The molecule has 0 spiro atoms. The van der Waals surface area contributed by atoms with E-state index in [4.69, 9.17) is 0 Å². The molecular weight excluding hydrogens is 539 g/mol. The van der Waals surface area contributed by atoms with Crippen LogP contribution in [0.1, 0.15) is 31.2 Å². The lowest BCUT2D eigenvalue weighted by Crippen LogP contribution is -2.52. The second kappa shape index (κ2) is 11.2. The molecule has 206 valence electrons. The monoisotopic (exact) mass is 569 g/mol. The normalized spacial score (nSPS) is 17.4. The first-order chi connectivity index (χ1) is 18.2. The molecule has 1 aromatic carbocycles. The summed E-state index contributed by atoms with van der Waals surface area (Å²) in [6.45, 7) is 3.83. The van der Waals surface area contributed by atoms with Crippen LogP contribution < -0.4 is 16.0 Å². The maximum absolute atomic E-state index is 12.8. The number of aryl methyl sites for hydroxylation is 1. The van der Waals surface area contributed by atoms with E-state index in [2.05, 4.69) is 25.5 Å². The fraction of sp³-hybridized carbons (Fsp3) is 0.583. The second-order valence-corrected chi connectivity index (χ2v) is 11.7. The number of alkyl halides is 3. The number of carbonyl (C=O) groups excluding carboxylic acids is 2. The molecule has 0 radical (unpaired) electrons. The average Bonchev–Trinajstić information content (AvgIpc) is 3.64. The van der Waals surface area contributed by atoms with E-state index in [-0.39, 0.29) is 19.0 Å². The number of carbonyl (C=O) groups is 2. The molecule has 14 heteroatoms. The van der Waals surface area contributed by atoms with Gasteiger partial charge in [0.15, 0.2) is 10.3 Å². The largest absolute Gasteiger partial charge is 0.405 e. The van der Waals surface area contributed by atoms with Gasteiger partial charge in [0.25, 0.3) is 0 Å². The highest BCUT2D eigenvalue weighted by atomic mass is 32.1. The highest BCUT2D eigenvalue weighted by molar-refractivity contribution is 7.24. The molecule has 1 saturated carbocycles. The Morgan fingerprint density at radius 1 is 0.974 bits per heavy atom. The maximum atomic E-state index is 12.8. The number of halogens is 3. The molecule has 2 aliphatic rings. The maximum Gasteiger partial charge on any atom is 0.405 e. The van der Waals surface area contributed by atoms with Crippen molar-refractivity contribution in [3.63, 3.8) is 0 Å². The summed E-state index contributed by atoms with van der Waals surface area (Å²) in [4.78, 5) is 38.1. The lowest BCUT2D eigenvalue weighted by molar-refractivity contribution is -0.137. The van der Waals surface area contributed by atoms with Crippen LogP contribution in [0.3, 0.4) is 0 Å². The molecule has 3 aromatic rings. The number of hydrogen-bond acceptors (Lipinski definition) is 9. The zero-order valence-corrected chi connectivity index (χ0v) is 22.6. The van der Waals surface area contributed by atoms with E-state index in [1.807, 2.05) is 23.2 Å². The zero-order valence-electron chi connectivity index (χ0n) is 21.0. The molecule has 1 saturated heterocycles. The molecule has 0 unspecified atom stereocenters. The summed E-state index contributed by atoms with van der Waals surface area (Å²) in [5.41, 5.74) is 2.36. The second-order valence-electron chi connectivity index (χ2n) is 9.69. The van der Waals surface area contributed by atoms with Gasteiger partial charge < -0.3 is 20.9 Å². The lowest BCUT2D eigenvalue weighted by atomic mass is 10.2. The van der Waals surface area contributed by atoms with Crippen LogP contribution in [0.25, 0.3) is 20.4 Å². The fourth-order valence-electron chi connectivity index (χ4n) is 5.07. The van der Waals surface area contributed by atoms with Gasteiger partial charge in [-0.25, -0.2) is 9.97 Å². The number of nitrogens with zero attached hydrogens (tertiary/aromatic N) is 4. The number of benzene rings is 1. The van der Waals surface area contributed by atoms with Crippen molar-refractivity contribution in [1.82, 2.24) is 25.1 Å². The van der Waals surface area contributed by atoms with E-state index in [1.54, 1.807) is 0 Å². The van der Waals surface area contributed by atoms with Crippen molar-refractivity contribution in [2.24, 2.45) is 0 Å². The predicted octanol–water partition coefficient (Wildman–Crippen LogP) is 3.80. The van der Waals surface area contributed by atoms with Gasteiger partial charge >= 0.3 is 6.18 Å². The Kier molecular flexibility index (Phi) is 7.91. The van der Waals surface area contributed by atoms with Crippen LogP contribution in [-0.4, -0.2) is 89.6 Å².